The number of carbonyl (C=O) groups is 2. The number of esters is 1. The van der Waals surface area contributed by atoms with Crippen molar-refractivity contribution in [2.45, 2.75) is 33.7 Å². The van der Waals surface area contributed by atoms with Gasteiger partial charge in [-0.3, -0.25) is 4.79 Å². The molecule has 1 atom stereocenters. The zero-order valence-corrected chi connectivity index (χ0v) is 13.9. The average molecular weight is 314 g/mol. The Balaban J connectivity index is 2.63. The first-order valence-corrected chi connectivity index (χ1v) is 7.48. The molecular weight excluding hydrogens is 292 g/mol. The number of hydrogen-bond acceptors (Lipinski definition) is 4. The third-order valence-electron chi connectivity index (χ3n) is 3.45. The SMILES string of the molecule is Cc1ccc(/C=C(\C#N)C(=O)OCC(=O)N[C@H](C)C(C)C)cc1. The highest BCUT2D eigenvalue weighted by molar-refractivity contribution is 5.98. The third-order valence-corrected chi connectivity index (χ3v) is 3.45. The monoisotopic (exact) mass is 314 g/mol. The molecule has 0 aliphatic rings. The van der Waals surface area contributed by atoms with Crippen molar-refractivity contribution in [3.8, 4) is 6.07 Å². The van der Waals surface area contributed by atoms with Gasteiger partial charge in [-0.25, -0.2) is 4.79 Å². The number of rotatable bonds is 6. The van der Waals surface area contributed by atoms with Gasteiger partial charge >= 0.3 is 5.97 Å². The smallest absolute Gasteiger partial charge is 0.349 e. The molecule has 0 aliphatic carbocycles. The molecule has 1 N–H and O–H groups in total. The number of aryl methyl sites for hydroxylation is 1. The van der Waals surface area contributed by atoms with Crippen LogP contribution in [-0.2, 0) is 14.3 Å². The fraction of sp³-hybridized carbons (Fsp3) is 0.389. The van der Waals surface area contributed by atoms with Crippen LogP contribution in [0.3, 0.4) is 0 Å². The van der Waals surface area contributed by atoms with Crippen LogP contribution in [0, 0.1) is 24.2 Å². The fourth-order valence-electron chi connectivity index (χ4n) is 1.64. The van der Waals surface area contributed by atoms with Crippen LogP contribution in [0.4, 0.5) is 0 Å². The maximum atomic E-state index is 11.9. The number of nitrogens with one attached hydrogen (secondary N) is 1. The van der Waals surface area contributed by atoms with E-state index in [1.807, 2.05) is 39.8 Å². The molecule has 1 aromatic rings. The molecular formula is C18H22N2O3. The van der Waals surface area contributed by atoms with Crippen molar-refractivity contribution in [1.29, 1.82) is 5.26 Å². The summed E-state index contributed by atoms with van der Waals surface area (Å²) >= 11 is 0. The minimum absolute atomic E-state index is 0.0141. The lowest BCUT2D eigenvalue weighted by Gasteiger charge is -2.17. The van der Waals surface area contributed by atoms with Gasteiger partial charge in [0.2, 0.25) is 0 Å². The van der Waals surface area contributed by atoms with Crippen molar-refractivity contribution in [2.75, 3.05) is 6.61 Å². The van der Waals surface area contributed by atoms with Crippen LogP contribution < -0.4 is 5.32 Å². The van der Waals surface area contributed by atoms with E-state index in [0.717, 1.165) is 11.1 Å². The number of nitrogens with zero attached hydrogens (tertiary/aromatic N) is 1. The summed E-state index contributed by atoms with van der Waals surface area (Å²) < 4.78 is 4.89. The summed E-state index contributed by atoms with van der Waals surface area (Å²) in [5.41, 5.74) is 1.67. The number of ether oxygens (including phenoxy) is 1. The molecule has 1 amide bonds. The molecule has 1 aromatic carbocycles. The lowest BCUT2D eigenvalue weighted by Crippen LogP contribution is -2.38. The molecule has 0 aromatic heterocycles. The van der Waals surface area contributed by atoms with Crippen LogP contribution in [-0.4, -0.2) is 24.5 Å². The van der Waals surface area contributed by atoms with E-state index in [1.54, 1.807) is 18.2 Å². The molecule has 0 saturated heterocycles. The Hall–Kier alpha value is -2.61. The van der Waals surface area contributed by atoms with Crippen molar-refractivity contribution in [2.24, 2.45) is 5.92 Å². The Morgan fingerprint density at radius 3 is 2.39 bits per heavy atom. The van der Waals surface area contributed by atoms with E-state index >= 15 is 0 Å². The number of hydrogen-bond donors (Lipinski definition) is 1. The molecule has 0 heterocycles. The second-order valence-electron chi connectivity index (χ2n) is 5.76. The van der Waals surface area contributed by atoms with Gasteiger partial charge in [0, 0.05) is 6.04 Å². The average Bonchev–Trinajstić information content (AvgIpc) is 2.51. The van der Waals surface area contributed by atoms with E-state index in [9.17, 15) is 9.59 Å². The van der Waals surface area contributed by atoms with E-state index in [4.69, 9.17) is 10.00 Å². The van der Waals surface area contributed by atoms with Crippen LogP contribution in [0.25, 0.3) is 6.08 Å². The van der Waals surface area contributed by atoms with Crippen molar-refractivity contribution < 1.29 is 14.3 Å². The number of carbonyl (C=O) groups excluding carboxylic acids is 2. The minimum atomic E-state index is -0.805. The first-order chi connectivity index (χ1) is 10.8. The zero-order chi connectivity index (χ0) is 17.4. The van der Waals surface area contributed by atoms with Crippen LogP contribution in [0.1, 0.15) is 31.9 Å². The highest BCUT2D eigenvalue weighted by atomic mass is 16.5. The van der Waals surface area contributed by atoms with Crippen LogP contribution >= 0.6 is 0 Å². The Kier molecular flexibility index (Phi) is 7.01. The molecule has 0 radical (unpaired) electrons. The van der Waals surface area contributed by atoms with Gasteiger partial charge in [-0.2, -0.15) is 5.26 Å². The van der Waals surface area contributed by atoms with Gasteiger partial charge in [0.1, 0.15) is 11.6 Å². The number of nitriles is 1. The summed E-state index contributed by atoms with van der Waals surface area (Å²) in [6, 6.07) is 9.16. The summed E-state index contributed by atoms with van der Waals surface area (Å²) in [4.78, 5) is 23.6. The maximum absolute atomic E-state index is 11.9. The molecule has 0 bridgehead atoms. The summed E-state index contributed by atoms with van der Waals surface area (Å²) in [5, 5.41) is 11.8. The second kappa shape index (κ2) is 8.74. The molecule has 0 aliphatic heterocycles. The third kappa shape index (κ3) is 6.35. The maximum Gasteiger partial charge on any atom is 0.349 e. The summed E-state index contributed by atoms with van der Waals surface area (Å²) in [7, 11) is 0. The van der Waals surface area contributed by atoms with Crippen LogP contribution in [0.5, 0.6) is 0 Å². The number of benzene rings is 1. The van der Waals surface area contributed by atoms with Crippen molar-refractivity contribution >= 4 is 18.0 Å². The Bertz CT molecular complexity index is 625. The summed E-state index contributed by atoms with van der Waals surface area (Å²) in [6.07, 6.45) is 1.44. The molecule has 1 rings (SSSR count). The molecule has 122 valence electrons. The Labute approximate surface area is 137 Å². The normalized spacial score (nSPS) is 12.4. The first kappa shape index (κ1) is 18.4. The highest BCUT2D eigenvalue weighted by Gasteiger charge is 2.15. The van der Waals surface area contributed by atoms with Crippen molar-refractivity contribution in [1.82, 2.24) is 5.32 Å². The van der Waals surface area contributed by atoms with Gasteiger partial charge in [-0.05, 0) is 31.4 Å². The van der Waals surface area contributed by atoms with Gasteiger partial charge in [0.05, 0.1) is 0 Å². The standard InChI is InChI=1S/C18H22N2O3/c1-12(2)14(4)20-17(21)11-23-18(22)16(10-19)9-15-7-5-13(3)6-8-15/h5-9,12,14H,11H2,1-4H3,(H,20,21)/b16-9+/t14-/m1/s1. The minimum Gasteiger partial charge on any atom is -0.451 e. The summed E-state index contributed by atoms with van der Waals surface area (Å²) in [5.74, 6) is -0.904. The summed E-state index contributed by atoms with van der Waals surface area (Å²) in [6.45, 7) is 7.39. The number of amides is 1. The molecule has 23 heavy (non-hydrogen) atoms. The lowest BCUT2D eigenvalue weighted by atomic mass is 10.1. The fourth-order valence-corrected chi connectivity index (χ4v) is 1.64. The van der Waals surface area contributed by atoms with E-state index in [1.165, 1.54) is 6.08 Å². The quantitative estimate of drug-likeness (QED) is 0.497. The van der Waals surface area contributed by atoms with Crippen molar-refractivity contribution in [3.05, 3.63) is 41.0 Å². The largest absolute Gasteiger partial charge is 0.451 e. The van der Waals surface area contributed by atoms with Crippen LogP contribution in [0.2, 0.25) is 0 Å². The van der Waals surface area contributed by atoms with Gasteiger partial charge < -0.3 is 10.1 Å². The van der Waals surface area contributed by atoms with Gasteiger partial charge in [-0.1, -0.05) is 43.7 Å². The predicted molar refractivity (Wildman–Crippen MR) is 88.2 cm³/mol. The second-order valence-corrected chi connectivity index (χ2v) is 5.76. The van der Waals surface area contributed by atoms with E-state index in [-0.39, 0.29) is 23.4 Å². The van der Waals surface area contributed by atoms with E-state index < -0.39 is 12.6 Å². The molecule has 5 nitrogen and oxygen atoms in total. The Morgan fingerprint density at radius 1 is 1.26 bits per heavy atom. The molecule has 0 spiro atoms. The van der Waals surface area contributed by atoms with Gasteiger partial charge in [-0.15, -0.1) is 0 Å². The molecule has 5 heteroatoms. The van der Waals surface area contributed by atoms with Crippen molar-refractivity contribution in [3.63, 3.8) is 0 Å². The van der Waals surface area contributed by atoms with Crippen LogP contribution in [0.15, 0.2) is 29.8 Å². The lowest BCUT2D eigenvalue weighted by molar-refractivity contribution is -0.144. The molecule has 0 fully saturated rings. The molecule has 0 unspecified atom stereocenters. The van der Waals surface area contributed by atoms with Gasteiger partial charge in [0.15, 0.2) is 6.61 Å². The highest BCUT2D eigenvalue weighted by Crippen LogP contribution is 2.09. The molecule has 0 saturated carbocycles. The van der Waals surface area contributed by atoms with E-state index in [0.29, 0.717) is 0 Å². The van der Waals surface area contributed by atoms with Gasteiger partial charge in [0.25, 0.3) is 5.91 Å². The zero-order valence-electron chi connectivity index (χ0n) is 13.9. The van der Waals surface area contributed by atoms with E-state index in [2.05, 4.69) is 5.32 Å². The Morgan fingerprint density at radius 2 is 1.87 bits per heavy atom. The topological polar surface area (TPSA) is 79.2 Å². The predicted octanol–water partition coefficient (Wildman–Crippen LogP) is 2.61. The first-order valence-electron chi connectivity index (χ1n) is 7.48.